The van der Waals surface area contributed by atoms with Crippen molar-refractivity contribution in [2.75, 3.05) is 0 Å². The summed E-state index contributed by atoms with van der Waals surface area (Å²) in [6.45, 7) is 5.64. The van der Waals surface area contributed by atoms with Crippen LogP contribution in [-0.2, 0) is 14.3 Å². The van der Waals surface area contributed by atoms with Crippen LogP contribution in [-0.4, -0.2) is 40.8 Å². The molecule has 2 aliphatic heterocycles. The molecule has 0 aromatic heterocycles. The molecule has 2 bridgehead atoms. The van der Waals surface area contributed by atoms with E-state index in [2.05, 4.69) is 0 Å². The minimum atomic E-state index is -0.522. The Kier molecular flexibility index (Phi) is 5.58. The fraction of sp³-hybridized carbons (Fsp3) is 0.667. The lowest BCUT2D eigenvalue weighted by Crippen LogP contribution is -2.42. The number of hydrogen-bond acceptors (Lipinski definition) is 4. The zero-order chi connectivity index (χ0) is 20.6. The van der Waals surface area contributed by atoms with Gasteiger partial charge >= 0.3 is 12.1 Å². The fourth-order valence-electron chi connectivity index (χ4n) is 5.43. The Bertz CT molecular complexity index is 735. The largest absolute Gasteiger partial charge is 0.460 e. The molecule has 5 heteroatoms. The van der Waals surface area contributed by atoms with E-state index in [1.165, 1.54) is 12.8 Å². The van der Waals surface area contributed by atoms with Crippen LogP contribution in [0.4, 0.5) is 4.79 Å². The summed E-state index contributed by atoms with van der Waals surface area (Å²) in [4.78, 5) is 27.8. The van der Waals surface area contributed by atoms with Gasteiger partial charge in [0.1, 0.15) is 11.7 Å². The van der Waals surface area contributed by atoms with Crippen LogP contribution in [0.2, 0.25) is 0 Å². The van der Waals surface area contributed by atoms with Crippen LogP contribution in [0.15, 0.2) is 30.3 Å². The number of fused-ring (bicyclic) bond motifs is 2. The van der Waals surface area contributed by atoms with Crippen molar-refractivity contribution < 1.29 is 19.1 Å². The van der Waals surface area contributed by atoms with E-state index < -0.39 is 5.60 Å². The van der Waals surface area contributed by atoms with Crippen molar-refractivity contribution in [2.24, 2.45) is 5.92 Å². The van der Waals surface area contributed by atoms with E-state index >= 15 is 0 Å². The third-order valence-electron chi connectivity index (χ3n) is 6.64. The number of hydrogen-bond donors (Lipinski definition) is 0. The fourth-order valence-corrected chi connectivity index (χ4v) is 5.43. The van der Waals surface area contributed by atoms with Crippen molar-refractivity contribution in [3.63, 3.8) is 0 Å². The van der Waals surface area contributed by atoms with Gasteiger partial charge in [-0.3, -0.25) is 9.69 Å². The first-order valence-electron chi connectivity index (χ1n) is 11.1. The smallest absolute Gasteiger partial charge is 0.410 e. The van der Waals surface area contributed by atoms with Crippen molar-refractivity contribution in [2.45, 2.75) is 95.4 Å². The first-order valence-corrected chi connectivity index (χ1v) is 11.1. The Hall–Kier alpha value is -2.04. The third-order valence-corrected chi connectivity index (χ3v) is 6.64. The van der Waals surface area contributed by atoms with Crippen LogP contribution in [0, 0.1) is 5.92 Å². The molecule has 29 heavy (non-hydrogen) atoms. The van der Waals surface area contributed by atoms with E-state index in [1.807, 2.05) is 56.0 Å². The number of carbonyl (C=O) groups excluding carboxylic acids is 2. The Morgan fingerprint density at radius 1 is 1.03 bits per heavy atom. The number of esters is 1. The maximum atomic E-state index is 13.3. The minimum absolute atomic E-state index is 0.0567. The number of benzene rings is 1. The molecule has 0 spiro atoms. The quantitative estimate of drug-likeness (QED) is 0.665. The maximum Gasteiger partial charge on any atom is 0.410 e. The van der Waals surface area contributed by atoms with Gasteiger partial charge in [0.25, 0.3) is 0 Å². The zero-order valence-corrected chi connectivity index (χ0v) is 17.8. The monoisotopic (exact) mass is 399 g/mol. The second-order valence-electron chi connectivity index (χ2n) is 9.83. The van der Waals surface area contributed by atoms with E-state index in [0.29, 0.717) is 5.92 Å². The third kappa shape index (κ3) is 4.29. The Labute approximate surface area is 173 Å². The minimum Gasteiger partial charge on any atom is -0.460 e. The Morgan fingerprint density at radius 2 is 1.72 bits per heavy atom. The predicted molar refractivity (Wildman–Crippen MR) is 111 cm³/mol. The molecule has 1 aromatic carbocycles. The molecule has 158 valence electrons. The highest BCUT2D eigenvalue weighted by molar-refractivity contribution is 5.79. The SMILES string of the molecule is CC(C)(C)OC(=O)N1C2CCC1C(OC(=O)C(c1ccccc1)C1CCCC1)C2. The summed E-state index contributed by atoms with van der Waals surface area (Å²) in [5.74, 6) is 0.0306. The number of amides is 1. The van der Waals surface area contributed by atoms with E-state index in [1.54, 1.807) is 0 Å². The van der Waals surface area contributed by atoms with Crippen molar-refractivity contribution >= 4 is 12.1 Å². The van der Waals surface area contributed by atoms with Gasteiger partial charge in [-0.05, 0) is 57.9 Å². The van der Waals surface area contributed by atoms with Crippen molar-refractivity contribution in [1.29, 1.82) is 0 Å². The van der Waals surface area contributed by atoms with Crippen LogP contribution in [0.3, 0.4) is 0 Å². The average Bonchev–Trinajstić information content (AvgIpc) is 3.37. The maximum absolute atomic E-state index is 13.3. The van der Waals surface area contributed by atoms with Gasteiger partial charge in [0.15, 0.2) is 0 Å². The van der Waals surface area contributed by atoms with Crippen LogP contribution in [0.5, 0.6) is 0 Å². The normalized spacial score (nSPS) is 27.8. The summed E-state index contributed by atoms with van der Waals surface area (Å²) in [6.07, 6.45) is 6.58. The van der Waals surface area contributed by atoms with Crippen LogP contribution in [0.1, 0.15) is 77.2 Å². The van der Waals surface area contributed by atoms with E-state index in [0.717, 1.165) is 37.7 Å². The van der Waals surface area contributed by atoms with Crippen molar-refractivity contribution in [1.82, 2.24) is 4.90 Å². The van der Waals surface area contributed by atoms with E-state index in [4.69, 9.17) is 9.47 Å². The van der Waals surface area contributed by atoms with Gasteiger partial charge in [-0.1, -0.05) is 43.2 Å². The van der Waals surface area contributed by atoms with Crippen LogP contribution in [0.25, 0.3) is 0 Å². The van der Waals surface area contributed by atoms with E-state index in [9.17, 15) is 9.59 Å². The molecule has 3 fully saturated rings. The second kappa shape index (κ2) is 8.00. The summed E-state index contributed by atoms with van der Waals surface area (Å²) >= 11 is 0. The molecule has 0 N–H and O–H groups in total. The highest BCUT2D eigenvalue weighted by Crippen LogP contribution is 2.43. The van der Waals surface area contributed by atoms with Gasteiger partial charge in [0, 0.05) is 12.5 Å². The predicted octanol–water partition coefficient (Wildman–Crippen LogP) is 5.04. The molecular weight excluding hydrogens is 366 g/mol. The number of ether oxygens (including phenoxy) is 2. The molecule has 1 saturated carbocycles. The molecule has 1 aliphatic carbocycles. The van der Waals surface area contributed by atoms with Gasteiger partial charge in [0.2, 0.25) is 0 Å². The zero-order valence-electron chi connectivity index (χ0n) is 17.8. The molecule has 0 radical (unpaired) electrons. The molecule has 4 unspecified atom stereocenters. The lowest BCUT2D eigenvalue weighted by molar-refractivity contribution is -0.153. The summed E-state index contributed by atoms with van der Waals surface area (Å²) in [5.41, 5.74) is 0.531. The number of carbonyl (C=O) groups is 2. The standard InChI is InChI=1S/C24H33NO4/c1-24(2,3)29-23(27)25-18-13-14-19(25)20(15-18)28-22(26)21(17-11-7-8-12-17)16-9-5-4-6-10-16/h4-6,9-10,17-21H,7-8,11-15H2,1-3H3. The molecule has 5 nitrogen and oxygen atoms in total. The summed E-state index contributed by atoms with van der Waals surface area (Å²) < 4.78 is 11.7. The molecule has 2 saturated heterocycles. The lowest BCUT2D eigenvalue weighted by Gasteiger charge is -2.29. The molecular formula is C24H33NO4. The van der Waals surface area contributed by atoms with Gasteiger partial charge in [0.05, 0.1) is 12.0 Å². The molecule has 1 amide bonds. The number of nitrogens with zero attached hydrogens (tertiary/aromatic N) is 1. The molecule has 3 aliphatic rings. The van der Waals surface area contributed by atoms with E-state index in [-0.39, 0.29) is 36.2 Å². The van der Waals surface area contributed by atoms with Crippen LogP contribution >= 0.6 is 0 Å². The average molecular weight is 400 g/mol. The highest BCUT2D eigenvalue weighted by Gasteiger charge is 2.52. The summed E-state index contributed by atoms with van der Waals surface area (Å²) in [6, 6.07) is 10.1. The van der Waals surface area contributed by atoms with Gasteiger partial charge in [-0.15, -0.1) is 0 Å². The number of rotatable bonds is 4. The first-order chi connectivity index (χ1) is 13.8. The topological polar surface area (TPSA) is 55.8 Å². The molecule has 1 aromatic rings. The summed E-state index contributed by atoms with van der Waals surface area (Å²) in [7, 11) is 0. The lowest BCUT2D eigenvalue weighted by atomic mass is 9.84. The molecule has 2 heterocycles. The van der Waals surface area contributed by atoms with Crippen LogP contribution < -0.4 is 0 Å². The second-order valence-corrected chi connectivity index (χ2v) is 9.83. The first kappa shape index (κ1) is 20.2. The molecule has 4 rings (SSSR count). The highest BCUT2D eigenvalue weighted by atomic mass is 16.6. The Morgan fingerprint density at radius 3 is 2.38 bits per heavy atom. The van der Waals surface area contributed by atoms with Gasteiger partial charge in [-0.2, -0.15) is 0 Å². The Balaban J connectivity index is 1.47. The van der Waals surface area contributed by atoms with Gasteiger partial charge in [-0.25, -0.2) is 4.79 Å². The molecule has 4 atom stereocenters. The van der Waals surface area contributed by atoms with Crippen molar-refractivity contribution in [3.05, 3.63) is 35.9 Å². The van der Waals surface area contributed by atoms with Gasteiger partial charge < -0.3 is 9.47 Å². The van der Waals surface area contributed by atoms with Crippen molar-refractivity contribution in [3.8, 4) is 0 Å². The summed E-state index contributed by atoms with van der Waals surface area (Å²) in [5, 5.41) is 0.